The number of para-hydroxylation sites is 1. The van der Waals surface area contributed by atoms with Crippen LogP contribution in [0.1, 0.15) is 35.9 Å². The number of nitrogens with one attached hydrogen (secondary N) is 1. The van der Waals surface area contributed by atoms with Crippen LogP contribution in [0, 0.1) is 6.92 Å². The summed E-state index contributed by atoms with van der Waals surface area (Å²) in [5, 5.41) is 8.84. The lowest BCUT2D eigenvalue weighted by atomic mass is 10.2. The van der Waals surface area contributed by atoms with Gasteiger partial charge < -0.3 is 9.88 Å². The van der Waals surface area contributed by atoms with Gasteiger partial charge in [-0.2, -0.15) is 0 Å². The molecule has 0 unspecified atom stereocenters. The molecule has 0 aliphatic rings. The maximum absolute atomic E-state index is 13.4. The largest absolute Gasteiger partial charge is 0.327 e. The van der Waals surface area contributed by atoms with Gasteiger partial charge in [0, 0.05) is 10.5 Å². The number of amides is 1. The fourth-order valence-electron chi connectivity index (χ4n) is 3.38. The van der Waals surface area contributed by atoms with E-state index in [1.165, 1.54) is 0 Å². The molecule has 158 valence electrons. The summed E-state index contributed by atoms with van der Waals surface area (Å²) in [6, 6.07) is 14.6. The first-order chi connectivity index (χ1) is 14.8. The van der Waals surface area contributed by atoms with Crippen LogP contribution in [0.4, 0.5) is 0 Å². The van der Waals surface area contributed by atoms with E-state index in [4.69, 9.17) is 0 Å². The van der Waals surface area contributed by atoms with Crippen LogP contribution in [0.25, 0.3) is 16.6 Å². The van der Waals surface area contributed by atoms with Crippen molar-refractivity contribution in [1.29, 1.82) is 0 Å². The van der Waals surface area contributed by atoms with E-state index < -0.39 is 0 Å². The summed E-state index contributed by atoms with van der Waals surface area (Å²) in [7, 11) is 0. The Bertz CT molecular complexity index is 1330. The highest BCUT2D eigenvalue weighted by Crippen LogP contribution is 2.19. The highest BCUT2D eigenvalue weighted by molar-refractivity contribution is 9.10. The second kappa shape index (κ2) is 8.43. The van der Waals surface area contributed by atoms with Crippen molar-refractivity contribution >= 4 is 32.7 Å². The van der Waals surface area contributed by atoms with Gasteiger partial charge in [-0.25, -0.2) is 9.67 Å². The fourth-order valence-corrected chi connectivity index (χ4v) is 3.76. The Morgan fingerprint density at radius 2 is 1.97 bits per heavy atom. The van der Waals surface area contributed by atoms with Crippen LogP contribution in [0.5, 0.6) is 0 Å². The number of aromatic nitrogens is 5. The van der Waals surface area contributed by atoms with E-state index >= 15 is 0 Å². The molecule has 1 N–H and O–H groups in total. The molecule has 0 saturated carbocycles. The standard InChI is InChI=1S/C22H21BrN6O2/c1-13(2)28(12-19-24-18-10-5-4-9-17(18)21(30)25-19)22(31)20-14(3)29(27-26-20)16-8-6-7-15(23)11-16/h4-11,13H,12H2,1-3H3,(H,24,25,30). The van der Waals surface area contributed by atoms with Crippen molar-refractivity contribution in [3.05, 3.63) is 80.6 Å². The zero-order chi connectivity index (χ0) is 22.1. The van der Waals surface area contributed by atoms with Gasteiger partial charge in [-0.3, -0.25) is 9.59 Å². The lowest BCUT2D eigenvalue weighted by Crippen LogP contribution is -2.38. The maximum Gasteiger partial charge on any atom is 0.276 e. The Labute approximate surface area is 187 Å². The predicted octanol–water partition coefficient (Wildman–Crippen LogP) is 3.63. The quantitative estimate of drug-likeness (QED) is 0.470. The minimum Gasteiger partial charge on any atom is -0.327 e. The molecule has 0 aliphatic heterocycles. The van der Waals surface area contributed by atoms with Crippen molar-refractivity contribution in [2.75, 3.05) is 0 Å². The van der Waals surface area contributed by atoms with Gasteiger partial charge in [-0.15, -0.1) is 5.10 Å². The lowest BCUT2D eigenvalue weighted by molar-refractivity contribution is 0.0678. The third-order valence-corrected chi connectivity index (χ3v) is 5.51. The Balaban J connectivity index is 1.67. The smallest absolute Gasteiger partial charge is 0.276 e. The number of fused-ring (bicyclic) bond motifs is 1. The first kappa shape index (κ1) is 20.9. The highest BCUT2D eigenvalue weighted by Gasteiger charge is 2.26. The first-order valence-electron chi connectivity index (χ1n) is 9.82. The molecular weight excluding hydrogens is 460 g/mol. The number of carbonyl (C=O) groups is 1. The molecule has 4 rings (SSSR count). The average Bonchev–Trinajstić information content (AvgIpc) is 3.13. The molecule has 0 radical (unpaired) electrons. The minimum absolute atomic E-state index is 0.139. The number of rotatable bonds is 5. The van der Waals surface area contributed by atoms with Gasteiger partial charge in [0.25, 0.3) is 11.5 Å². The van der Waals surface area contributed by atoms with Crippen LogP contribution in [-0.2, 0) is 6.54 Å². The summed E-state index contributed by atoms with van der Waals surface area (Å²) in [5.74, 6) is 0.146. The van der Waals surface area contributed by atoms with E-state index in [1.807, 2.05) is 51.1 Å². The van der Waals surface area contributed by atoms with E-state index in [0.29, 0.717) is 22.4 Å². The molecule has 1 amide bonds. The molecule has 2 aromatic carbocycles. The first-order valence-corrected chi connectivity index (χ1v) is 10.6. The number of hydrogen-bond donors (Lipinski definition) is 1. The average molecular weight is 481 g/mol. The monoisotopic (exact) mass is 480 g/mol. The lowest BCUT2D eigenvalue weighted by Gasteiger charge is -2.25. The molecule has 0 fully saturated rings. The van der Waals surface area contributed by atoms with Crippen LogP contribution >= 0.6 is 15.9 Å². The number of benzene rings is 2. The van der Waals surface area contributed by atoms with Crippen LogP contribution in [0.3, 0.4) is 0 Å². The summed E-state index contributed by atoms with van der Waals surface area (Å²) >= 11 is 3.45. The third-order valence-electron chi connectivity index (χ3n) is 5.02. The van der Waals surface area contributed by atoms with E-state index in [2.05, 4.69) is 36.2 Å². The van der Waals surface area contributed by atoms with Crippen molar-refractivity contribution in [2.24, 2.45) is 0 Å². The molecular formula is C22H21BrN6O2. The Morgan fingerprint density at radius 3 is 2.71 bits per heavy atom. The zero-order valence-corrected chi connectivity index (χ0v) is 18.9. The molecule has 0 aliphatic carbocycles. The Kier molecular flexibility index (Phi) is 5.69. The van der Waals surface area contributed by atoms with E-state index in [1.54, 1.807) is 27.8 Å². The molecule has 8 nitrogen and oxygen atoms in total. The van der Waals surface area contributed by atoms with Gasteiger partial charge in [0.2, 0.25) is 0 Å². The van der Waals surface area contributed by atoms with Gasteiger partial charge in [0.15, 0.2) is 5.69 Å². The molecule has 2 heterocycles. The van der Waals surface area contributed by atoms with Crippen LogP contribution in [-0.4, -0.2) is 41.8 Å². The number of hydrogen-bond acceptors (Lipinski definition) is 5. The summed E-state index contributed by atoms with van der Waals surface area (Å²) in [6.07, 6.45) is 0. The fraction of sp³-hybridized carbons (Fsp3) is 0.227. The maximum atomic E-state index is 13.4. The molecule has 0 saturated heterocycles. The van der Waals surface area contributed by atoms with Gasteiger partial charge in [-0.05, 0) is 51.1 Å². The van der Waals surface area contributed by atoms with E-state index in [-0.39, 0.29) is 29.7 Å². The summed E-state index contributed by atoms with van der Waals surface area (Å²) in [4.78, 5) is 34.7. The van der Waals surface area contributed by atoms with Gasteiger partial charge in [0.1, 0.15) is 5.82 Å². The van der Waals surface area contributed by atoms with Crippen LogP contribution in [0.15, 0.2) is 57.8 Å². The van der Waals surface area contributed by atoms with Crippen molar-refractivity contribution in [3.8, 4) is 5.69 Å². The van der Waals surface area contributed by atoms with Crippen LogP contribution < -0.4 is 5.56 Å². The molecule has 0 bridgehead atoms. The Morgan fingerprint density at radius 1 is 1.19 bits per heavy atom. The number of halogens is 1. The molecule has 9 heteroatoms. The van der Waals surface area contributed by atoms with Crippen molar-refractivity contribution < 1.29 is 4.79 Å². The van der Waals surface area contributed by atoms with Crippen LogP contribution in [0.2, 0.25) is 0 Å². The second-order valence-corrected chi connectivity index (χ2v) is 8.39. The molecule has 2 aromatic heterocycles. The van der Waals surface area contributed by atoms with E-state index in [9.17, 15) is 9.59 Å². The summed E-state index contributed by atoms with van der Waals surface area (Å²) in [5.41, 5.74) is 2.06. The summed E-state index contributed by atoms with van der Waals surface area (Å²) in [6.45, 7) is 5.78. The molecule has 0 atom stereocenters. The number of H-pyrrole nitrogens is 1. The topological polar surface area (TPSA) is 96.8 Å². The normalized spacial score (nSPS) is 11.3. The number of carbonyl (C=O) groups excluding carboxylic acids is 1. The van der Waals surface area contributed by atoms with Crippen molar-refractivity contribution in [2.45, 2.75) is 33.4 Å². The van der Waals surface area contributed by atoms with Crippen molar-refractivity contribution in [1.82, 2.24) is 29.9 Å². The minimum atomic E-state index is -0.274. The molecule has 4 aromatic rings. The number of aromatic amines is 1. The predicted molar refractivity (Wildman–Crippen MR) is 121 cm³/mol. The third kappa shape index (κ3) is 4.13. The van der Waals surface area contributed by atoms with Gasteiger partial charge in [-0.1, -0.05) is 39.3 Å². The van der Waals surface area contributed by atoms with Gasteiger partial charge >= 0.3 is 0 Å². The summed E-state index contributed by atoms with van der Waals surface area (Å²) < 4.78 is 2.54. The molecule has 0 spiro atoms. The van der Waals surface area contributed by atoms with Gasteiger partial charge in [0.05, 0.1) is 28.8 Å². The highest BCUT2D eigenvalue weighted by atomic mass is 79.9. The number of nitrogens with zero attached hydrogens (tertiary/aromatic N) is 5. The van der Waals surface area contributed by atoms with E-state index in [0.717, 1.165) is 10.2 Å². The zero-order valence-electron chi connectivity index (χ0n) is 17.3. The van der Waals surface area contributed by atoms with Crippen molar-refractivity contribution in [3.63, 3.8) is 0 Å². The second-order valence-electron chi connectivity index (χ2n) is 7.47. The SMILES string of the molecule is Cc1c(C(=O)N(Cc2nc3ccccc3c(=O)[nH]2)C(C)C)nnn1-c1cccc(Br)c1. The molecule has 31 heavy (non-hydrogen) atoms. The Hall–Kier alpha value is -3.33.